The Kier molecular flexibility index (Phi) is 2.75. The largest absolute Gasteiger partial charge is 0.399 e. The molecule has 0 aliphatic carbocycles. The molecule has 0 aliphatic rings. The van der Waals surface area contributed by atoms with E-state index in [0.29, 0.717) is 11.5 Å². The van der Waals surface area contributed by atoms with Gasteiger partial charge >= 0.3 is 0 Å². The summed E-state index contributed by atoms with van der Waals surface area (Å²) in [4.78, 5) is 8.58. The maximum atomic E-state index is 5.76. The van der Waals surface area contributed by atoms with E-state index in [9.17, 15) is 0 Å². The number of rotatable bonds is 3. The molecule has 6 nitrogen and oxygen atoms in total. The summed E-state index contributed by atoms with van der Waals surface area (Å²) in [7, 11) is 0. The Labute approximate surface area is 110 Å². The van der Waals surface area contributed by atoms with Crippen molar-refractivity contribution in [2.45, 2.75) is 13.5 Å². The molecule has 0 aliphatic heterocycles. The molecule has 3 aromatic rings. The molecular weight excluding hydrogens is 240 g/mol. The topological polar surface area (TPSA) is 74.5 Å². The van der Waals surface area contributed by atoms with Crippen molar-refractivity contribution in [3.8, 4) is 17.3 Å². The van der Waals surface area contributed by atoms with E-state index in [-0.39, 0.29) is 0 Å². The lowest BCUT2D eigenvalue weighted by atomic mass is 10.2. The second kappa shape index (κ2) is 4.56. The van der Waals surface area contributed by atoms with Gasteiger partial charge in [-0.15, -0.1) is 5.10 Å². The molecule has 0 unspecified atom stereocenters. The van der Waals surface area contributed by atoms with Crippen LogP contribution in [0.5, 0.6) is 0 Å². The second-order valence-corrected chi connectivity index (χ2v) is 4.15. The van der Waals surface area contributed by atoms with Crippen LogP contribution in [0.2, 0.25) is 0 Å². The van der Waals surface area contributed by atoms with Gasteiger partial charge in [0.15, 0.2) is 5.82 Å². The number of nitrogens with two attached hydrogens (primary N) is 1. The van der Waals surface area contributed by atoms with Crippen molar-refractivity contribution in [1.29, 1.82) is 0 Å². The van der Waals surface area contributed by atoms with E-state index < -0.39 is 0 Å². The first-order valence-corrected chi connectivity index (χ1v) is 6.07. The number of hydrogen-bond donors (Lipinski definition) is 1. The molecule has 96 valence electrons. The quantitative estimate of drug-likeness (QED) is 0.722. The van der Waals surface area contributed by atoms with Gasteiger partial charge in [0.25, 0.3) is 0 Å². The molecule has 0 bridgehead atoms. The third kappa shape index (κ3) is 2.08. The molecule has 0 saturated heterocycles. The van der Waals surface area contributed by atoms with Crippen LogP contribution in [0.3, 0.4) is 0 Å². The molecular formula is C13H14N6. The zero-order chi connectivity index (χ0) is 13.2. The van der Waals surface area contributed by atoms with Crippen molar-refractivity contribution in [2.75, 3.05) is 5.73 Å². The molecule has 0 atom stereocenters. The van der Waals surface area contributed by atoms with E-state index in [0.717, 1.165) is 18.1 Å². The third-order valence-electron chi connectivity index (χ3n) is 2.88. The van der Waals surface area contributed by atoms with Crippen LogP contribution in [0, 0.1) is 0 Å². The molecule has 0 fully saturated rings. The smallest absolute Gasteiger partial charge is 0.232 e. The van der Waals surface area contributed by atoms with Crippen LogP contribution >= 0.6 is 0 Å². The molecule has 19 heavy (non-hydrogen) atoms. The number of aromatic nitrogens is 5. The summed E-state index contributed by atoms with van der Waals surface area (Å²) in [5.41, 5.74) is 7.36. The van der Waals surface area contributed by atoms with E-state index in [2.05, 4.69) is 22.0 Å². The van der Waals surface area contributed by atoms with Crippen molar-refractivity contribution in [3.05, 3.63) is 43.0 Å². The maximum absolute atomic E-state index is 5.76. The minimum atomic E-state index is 0.637. The fraction of sp³-hybridized carbons (Fsp3) is 0.154. The lowest BCUT2D eigenvalue weighted by Gasteiger charge is -2.02. The van der Waals surface area contributed by atoms with Crippen molar-refractivity contribution in [3.63, 3.8) is 0 Å². The average molecular weight is 254 g/mol. The van der Waals surface area contributed by atoms with E-state index in [1.807, 2.05) is 35.0 Å². The highest BCUT2D eigenvalue weighted by molar-refractivity contribution is 5.60. The summed E-state index contributed by atoms with van der Waals surface area (Å²) < 4.78 is 3.67. The molecule has 3 rings (SSSR count). The van der Waals surface area contributed by atoms with Crippen molar-refractivity contribution in [1.82, 2.24) is 24.3 Å². The van der Waals surface area contributed by atoms with Crippen LogP contribution in [-0.4, -0.2) is 24.3 Å². The van der Waals surface area contributed by atoms with Gasteiger partial charge < -0.3 is 10.3 Å². The Morgan fingerprint density at radius 3 is 2.95 bits per heavy atom. The minimum Gasteiger partial charge on any atom is -0.399 e. The third-order valence-corrected chi connectivity index (χ3v) is 2.88. The predicted molar refractivity (Wildman–Crippen MR) is 72.7 cm³/mol. The normalized spacial score (nSPS) is 10.8. The molecule has 0 spiro atoms. The van der Waals surface area contributed by atoms with E-state index in [4.69, 9.17) is 5.73 Å². The number of hydrogen-bond acceptors (Lipinski definition) is 4. The maximum Gasteiger partial charge on any atom is 0.232 e. The Balaban J connectivity index is 2.00. The highest BCUT2D eigenvalue weighted by Gasteiger charge is 2.09. The average Bonchev–Trinajstić information content (AvgIpc) is 3.07. The molecule has 0 radical (unpaired) electrons. The van der Waals surface area contributed by atoms with Crippen LogP contribution in [0.4, 0.5) is 5.69 Å². The number of benzene rings is 1. The van der Waals surface area contributed by atoms with Gasteiger partial charge in [-0.25, -0.2) is 9.97 Å². The first kappa shape index (κ1) is 11.5. The summed E-state index contributed by atoms with van der Waals surface area (Å²) in [6.07, 6.45) is 5.32. The van der Waals surface area contributed by atoms with Gasteiger partial charge in [-0.05, 0) is 19.1 Å². The lowest BCUT2D eigenvalue weighted by molar-refractivity contribution is 0.686. The van der Waals surface area contributed by atoms with Crippen molar-refractivity contribution >= 4 is 5.69 Å². The Bertz CT molecular complexity index is 696. The van der Waals surface area contributed by atoms with Crippen LogP contribution in [-0.2, 0) is 6.54 Å². The molecule has 2 heterocycles. The monoisotopic (exact) mass is 254 g/mol. The van der Waals surface area contributed by atoms with Crippen LogP contribution in [0.15, 0.2) is 43.0 Å². The van der Waals surface area contributed by atoms with Gasteiger partial charge in [0.1, 0.15) is 6.33 Å². The number of anilines is 1. The predicted octanol–water partition coefficient (Wildman–Crippen LogP) is 1.73. The molecule has 2 aromatic heterocycles. The summed E-state index contributed by atoms with van der Waals surface area (Å²) in [6, 6.07) is 7.51. The Morgan fingerprint density at radius 2 is 2.16 bits per heavy atom. The molecule has 0 amide bonds. The zero-order valence-corrected chi connectivity index (χ0v) is 10.6. The minimum absolute atomic E-state index is 0.637. The zero-order valence-electron chi connectivity index (χ0n) is 10.6. The van der Waals surface area contributed by atoms with E-state index in [1.54, 1.807) is 17.2 Å². The highest BCUT2D eigenvalue weighted by atomic mass is 15.4. The van der Waals surface area contributed by atoms with E-state index in [1.165, 1.54) is 0 Å². The fourth-order valence-corrected chi connectivity index (χ4v) is 1.93. The molecule has 1 aromatic carbocycles. The molecule has 2 N–H and O–H groups in total. The van der Waals surface area contributed by atoms with Crippen molar-refractivity contribution in [2.24, 2.45) is 0 Å². The Hall–Kier alpha value is -2.63. The Morgan fingerprint density at radius 1 is 1.26 bits per heavy atom. The van der Waals surface area contributed by atoms with Gasteiger partial charge in [0, 0.05) is 30.2 Å². The first-order valence-electron chi connectivity index (χ1n) is 6.07. The summed E-state index contributed by atoms with van der Waals surface area (Å²) in [5, 5.41) is 4.44. The van der Waals surface area contributed by atoms with Gasteiger partial charge in [-0.1, -0.05) is 12.1 Å². The standard InChI is InChI=1S/C13H14N6/c1-2-18-7-6-15-13(18)19-9-16-12(17-19)10-4-3-5-11(14)8-10/h3-9H,2,14H2,1H3. The lowest BCUT2D eigenvalue weighted by Crippen LogP contribution is -2.05. The van der Waals surface area contributed by atoms with Crippen molar-refractivity contribution < 1.29 is 0 Å². The number of imidazole rings is 1. The highest BCUT2D eigenvalue weighted by Crippen LogP contribution is 2.17. The summed E-state index contributed by atoms with van der Waals surface area (Å²) in [6.45, 7) is 2.89. The SMILES string of the molecule is CCn1ccnc1-n1cnc(-c2cccc(N)c2)n1. The van der Waals surface area contributed by atoms with Gasteiger partial charge in [0.05, 0.1) is 0 Å². The van der Waals surface area contributed by atoms with Crippen LogP contribution in [0.1, 0.15) is 6.92 Å². The number of nitrogen functional groups attached to an aromatic ring is 1. The first-order chi connectivity index (χ1) is 9.28. The van der Waals surface area contributed by atoms with Crippen LogP contribution < -0.4 is 5.73 Å². The van der Waals surface area contributed by atoms with Gasteiger partial charge in [-0.3, -0.25) is 0 Å². The summed E-state index contributed by atoms with van der Waals surface area (Å²) in [5.74, 6) is 1.39. The second-order valence-electron chi connectivity index (χ2n) is 4.15. The van der Waals surface area contributed by atoms with Gasteiger partial charge in [0.2, 0.25) is 5.95 Å². The number of nitrogens with zero attached hydrogens (tertiary/aromatic N) is 5. The summed E-state index contributed by atoms with van der Waals surface area (Å²) >= 11 is 0. The fourth-order valence-electron chi connectivity index (χ4n) is 1.93. The number of aryl methyl sites for hydroxylation is 1. The molecule has 6 heteroatoms. The van der Waals surface area contributed by atoms with Gasteiger partial charge in [-0.2, -0.15) is 4.68 Å². The molecule has 0 saturated carbocycles. The van der Waals surface area contributed by atoms with Crippen LogP contribution in [0.25, 0.3) is 17.3 Å². The van der Waals surface area contributed by atoms with E-state index >= 15 is 0 Å².